The normalized spacial score (nSPS) is 19.8. The lowest BCUT2D eigenvalue weighted by Crippen LogP contribution is -2.47. The number of aryl methyl sites for hydroxylation is 1. The van der Waals surface area contributed by atoms with Crippen molar-refractivity contribution >= 4 is 10.0 Å². The Kier molecular flexibility index (Phi) is 4.52. The minimum atomic E-state index is -3.55. The molecular weight excluding hydrogens is 312 g/mol. The Hall–Kier alpha value is -1.70. The fourth-order valence-electron chi connectivity index (χ4n) is 2.94. The number of aromatic nitrogens is 2. The maximum Gasteiger partial charge on any atom is 0.246 e. The van der Waals surface area contributed by atoms with Gasteiger partial charge in [0.15, 0.2) is 0 Å². The van der Waals surface area contributed by atoms with Gasteiger partial charge in [0, 0.05) is 19.1 Å². The third-order valence-corrected chi connectivity index (χ3v) is 6.21. The quantitative estimate of drug-likeness (QED) is 0.922. The van der Waals surface area contributed by atoms with E-state index >= 15 is 0 Å². The Morgan fingerprint density at radius 3 is 2.70 bits per heavy atom. The zero-order valence-electron chi connectivity index (χ0n) is 13.2. The van der Waals surface area contributed by atoms with Gasteiger partial charge in [0.05, 0.1) is 18.1 Å². The van der Waals surface area contributed by atoms with Gasteiger partial charge in [-0.1, -0.05) is 24.1 Å². The molecule has 1 aromatic heterocycles. The second-order valence-electron chi connectivity index (χ2n) is 5.96. The molecule has 2 heterocycles. The highest BCUT2D eigenvalue weighted by molar-refractivity contribution is 7.89. The predicted octanol–water partition coefficient (Wildman–Crippen LogP) is 1.68. The highest BCUT2D eigenvalue weighted by Gasteiger charge is 2.33. The van der Waals surface area contributed by atoms with E-state index in [4.69, 9.17) is 5.73 Å². The van der Waals surface area contributed by atoms with Crippen LogP contribution in [0, 0.1) is 6.92 Å². The average molecular weight is 334 g/mol. The lowest BCUT2D eigenvalue weighted by atomic mass is 10.1. The first kappa shape index (κ1) is 16.2. The van der Waals surface area contributed by atoms with E-state index in [1.165, 1.54) is 10.5 Å². The molecule has 0 amide bonds. The van der Waals surface area contributed by atoms with Crippen molar-refractivity contribution < 1.29 is 8.42 Å². The molecule has 3 rings (SSSR count). The average Bonchev–Trinajstić information content (AvgIpc) is 3.06. The van der Waals surface area contributed by atoms with Gasteiger partial charge in [0.25, 0.3) is 0 Å². The van der Waals surface area contributed by atoms with Crippen molar-refractivity contribution in [3.63, 3.8) is 0 Å². The van der Waals surface area contributed by atoms with Crippen molar-refractivity contribution in [3.8, 4) is 5.69 Å². The number of hydrogen-bond donors (Lipinski definition) is 1. The van der Waals surface area contributed by atoms with Crippen molar-refractivity contribution in [2.75, 3.05) is 13.1 Å². The zero-order valence-corrected chi connectivity index (χ0v) is 14.0. The summed E-state index contributed by atoms with van der Waals surface area (Å²) in [4.78, 5) is 0.221. The first-order valence-electron chi connectivity index (χ1n) is 7.86. The number of rotatable bonds is 4. The summed E-state index contributed by atoms with van der Waals surface area (Å²) in [5, 5.41) is 4.21. The number of nitrogens with two attached hydrogens (primary N) is 1. The lowest BCUT2D eigenvalue weighted by molar-refractivity contribution is 0.257. The van der Waals surface area contributed by atoms with Crippen LogP contribution in [0.3, 0.4) is 0 Å². The Labute approximate surface area is 137 Å². The van der Waals surface area contributed by atoms with E-state index in [1.807, 2.05) is 31.2 Å². The fourth-order valence-corrected chi connectivity index (χ4v) is 4.58. The molecule has 0 radical (unpaired) electrons. The maximum absolute atomic E-state index is 12.9. The molecule has 0 spiro atoms. The molecule has 0 bridgehead atoms. The van der Waals surface area contributed by atoms with Crippen LogP contribution in [0.1, 0.15) is 24.8 Å². The molecule has 0 unspecified atom stereocenters. The standard InChI is InChI=1S/C16H22N4O2S/c1-13-5-7-14(8-6-13)19-12-16(11-18-19)23(21,22)20-9-3-2-4-15(20)10-17/h5-8,11-12,15H,2-4,9-10,17H2,1H3/t15-/m1/s1. The van der Waals surface area contributed by atoms with Gasteiger partial charge in [0.1, 0.15) is 4.90 Å². The predicted molar refractivity (Wildman–Crippen MR) is 88.9 cm³/mol. The van der Waals surface area contributed by atoms with Gasteiger partial charge in [-0.2, -0.15) is 9.40 Å². The minimum absolute atomic E-state index is 0.114. The van der Waals surface area contributed by atoms with E-state index in [9.17, 15) is 8.42 Å². The molecule has 1 fully saturated rings. The number of benzene rings is 1. The van der Waals surface area contributed by atoms with Crippen LogP contribution in [0.15, 0.2) is 41.6 Å². The highest BCUT2D eigenvalue weighted by Crippen LogP contribution is 2.25. The fraction of sp³-hybridized carbons (Fsp3) is 0.438. The van der Waals surface area contributed by atoms with Crippen molar-refractivity contribution in [1.29, 1.82) is 0 Å². The van der Waals surface area contributed by atoms with Crippen LogP contribution in [0.4, 0.5) is 0 Å². The topological polar surface area (TPSA) is 81.2 Å². The monoisotopic (exact) mass is 334 g/mol. The zero-order chi connectivity index (χ0) is 16.4. The summed E-state index contributed by atoms with van der Waals surface area (Å²) in [6.45, 7) is 2.89. The van der Waals surface area contributed by atoms with Crippen LogP contribution in [0.2, 0.25) is 0 Å². The van der Waals surface area contributed by atoms with Crippen LogP contribution in [-0.4, -0.2) is 41.6 Å². The van der Waals surface area contributed by atoms with E-state index in [1.54, 1.807) is 10.9 Å². The second kappa shape index (κ2) is 6.43. The van der Waals surface area contributed by atoms with Gasteiger partial charge in [-0.15, -0.1) is 0 Å². The molecular formula is C16H22N4O2S. The van der Waals surface area contributed by atoms with Gasteiger partial charge >= 0.3 is 0 Å². The van der Waals surface area contributed by atoms with Crippen LogP contribution < -0.4 is 5.73 Å². The summed E-state index contributed by atoms with van der Waals surface area (Å²) in [7, 11) is -3.55. The van der Waals surface area contributed by atoms with Crippen molar-refractivity contribution in [2.45, 2.75) is 37.1 Å². The molecule has 1 aromatic carbocycles. The molecule has 1 aliphatic heterocycles. The molecule has 23 heavy (non-hydrogen) atoms. The molecule has 1 aliphatic rings. The number of hydrogen-bond acceptors (Lipinski definition) is 4. The second-order valence-corrected chi connectivity index (χ2v) is 7.85. The Bertz CT molecular complexity index is 768. The van der Waals surface area contributed by atoms with E-state index < -0.39 is 10.0 Å². The Balaban J connectivity index is 1.90. The number of piperidine rings is 1. The summed E-state index contributed by atoms with van der Waals surface area (Å²) in [6.07, 6.45) is 5.71. The van der Waals surface area contributed by atoms with Gasteiger partial charge in [0.2, 0.25) is 10.0 Å². The molecule has 1 atom stereocenters. The third kappa shape index (κ3) is 3.17. The summed E-state index contributed by atoms with van der Waals surface area (Å²) >= 11 is 0. The van der Waals surface area contributed by atoms with Gasteiger partial charge in [-0.25, -0.2) is 13.1 Å². The molecule has 2 aromatic rings. The molecule has 0 aliphatic carbocycles. The van der Waals surface area contributed by atoms with Crippen molar-refractivity contribution in [1.82, 2.24) is 14.1 Å². The summed E-state index contributed by atoms with van der Waals surface area (Å²) in [6, 6.07) is 7.67. The molecule has 6 nitrogen and oxygen atoms in total. The number of nitrogens with zero attached hydrogens (tertiary/aromatic N) is 3. The molecule has 1 saturated heterocycles. The van der Waals surface area contributed by atoms with Crippen molar-refractivity contribution in [3.05, 3.63) is 42.2 Å². The minimum Gasteiger partial charge on any atom is -0.329 e. The van der Waals surface area contributed by atoms with Crippen LogP contribution >= 0.6 is 0 Å². The van der Waals surface area contributed by atoms with E-state index in [2.05, 4.69) is 5.10 Å². The molecule has 2 N–H and O–H groups in total. The van der Waals surface area contributed by atoms with Gasteiger partial charge < -0.3 is 5.73 Å². The largest absolute Gasteiger partial charge is 0.329 e. The Morgan fingerprint density at radius 1 is 1.26 bits per heavy atom. The summed E-state index contributed by atoms with van der Waals surface area (Å²) in [5.74, 6) is 0. The number of sulfonamides is 1. The first-order chi connectivity index (χ1) is 11.0. The van der Waals surface area contributed by atoms with Crippen molar-refractivity contribution in [2.24, 2.45) is 5.73 Å². The summed E-state index contributed by atoms with van der Waals surface area (Å²) in [5.41, 5.74) is 7.74. The smallest absolute Gasteiger partial charge is 0.246 e. The van der Waals surface area contributed by atoms with Gasteiger partial charge in [-0.3, -0.25) is 0 Å². The lowest BCUT2D eigenvalue weighted by Gasteiger charge is -2.33. The maximum atomic E-state index is 12.9. The molecule has 124 valence electrons. The highest BCUT2D eigenvalue weighted by atomic mass is 32.2. The molecule has 0 saturated carbocycles. The van der Waals surface area contributed by atoms with Crippen LogP contribution in [0.25, 0.3) is 5.69 Å². The first-order valence-corrected chi connectivity index (χ1v) is 9.30. The van der Waals surface area contributed by atoms with E-state index in [-0.39, 0.29) is 10.9 Å². The Morgan fingerprint density at radius 2 is 2.00 bits per heavy atom. The van der Waals surface area contributed by atoms with E-state index in [0.29, 0.717) is 13.1 Å². The third-order valence-electron chi connectivity index (χ3n) is 4.31. The van der Waals surface area contributed by atoms with Crippen LogP contribution in [-0.2, 0) is 10.0 Å². The van der Waals surface area contributed by atoms with Crippen LogP contribution in [0.5, 0.6) is 0 Å². The van der Waals surface area contributed by atoms with E-state index in [0.717, 1.165) is 30.5 Å². The van der Waals surface area contributed by atoms with Gasteiger partial charge in [-0.05, 0) is 31.9 Å². The SMILES string of the molecule is Cc1ccc(-n2cc(S(=O)(=O)N3CCCC[C@@H]3CN)cn2)cc1. The molecule has 7 heteroatoms. The summed E-state index contributed by atoms with van der Waals surface area (Å²) < 4.78 is 28.9.